The van der Waals surface area contributed by atoms with Gasteiger partial charge in [0.05, 0.1) is 25.3 Å². The van der Waals surface area contributed by atoms with Gasteiger partial charge >= 0.3 is 0 Å². The molecular formula is C24H36N4O2S. The third kappa shape index (κ3) is 7.04. The summed E-state index contributed by atoms with van der Waals surface area (Å²) in [5.41, 5.74) is 1.58. The number of ether oxygens (including phenoxy) is 1. The highest BCUT2D eigenvalue weighted by Gasteiger charge is 2.25. The lowest BCUT2D eigenvalue weighted by molar-refractivity contribution is -0.0705. The van der Waals surface area contributed by atoms with E-state index in [0.29, 0.717) is 19.0 Å². The molecule has 1 aromatic carbocycles. The number of aliphatic hydroxyl groups is 1. The normalized spacial score (nSPS) is 22.2. The Balaban J connectivity index is 1.65. The quantitative estimate of drug-likeness (QED) is 0.430. The zero-order chi connectivity index (χ0) is 22.3. The van der Waals surface area contributed by atoms with E-state index >= 15 is 0 Å². The highest BCUT2D eigenvalue weighted by atomic mass is 32.1. The molecular weight excluding hydrogens is 408 g/mol. The Labute approximate surface area is 190 Å². The predicted molar refractivity (Wildman–Crippen MR) is 128 cm³/mol. The van der Waals surface area contributed by atoms with Crippen LogP contribution < -0.4 is 10.6 Å². The van der Waals surface area contributed by atoms with Crippen LogP contribution in [0.2, 0.25) is 0 Å². The molecule has 7 heteroatoms. The van der Waals surface area contributed by atoms with Crippen LogP contribution in [0.5, 0.6) is 0 Å². The number of guanidine groups is 1. The van der Waals surface area contributed by atoms with E-state index < -0.39 is 5.60 Å². The van der Waals surface area contributed by atoms with Crippen molar-refractivity contribution in [1.29, 1.82) is 0 Å². The van der Waals surface area contributed by atoms with Crippen molar-refractivity contribution in [2.75, 3.05) is 26.2 Å². The van der Waals surface area contributed by atoms with E-state index in [2.05, 4.69) is 53.6 Å². The molecule has 0 amide bonds. The first kappa shape index (κ1) is 23.7. The molecule has 0 radical (unpaired) electrons. The maximum absolute atomic E-state index is 10.8. The van der Waals surface area contributed by atoms with Crippen LogP contribution in [0, 0.1) is 0 Å². The molecule has 170 valence electrons. The molecule has 3 unspecified atom stereocenters. The fourth-order valence-corrected chi connectivity index (χ4v) is 4.74. The van der Waals surface area contributed by atoms with Crippen molar-refractivity contribution in [3.05, 3.63) is 57.8 Å². The number of nitrogens with one attached hydrogen (secondary N) is 2. The maximum Gasteiger partial charge on any atom is 0.191 e. The Hall–Kier alpha value is -1.93. The van der Waals surface area contributed by atoms with Crippen LogP contribution >= 0.6 is 11.3 Å². The Bertz CT molecular complexity index is 828. The summed E-state index contributed by atoms with van der Waals surface area (Å²) in [6.07, 6.45) is 0.518. The van der Waals surface area contributed by atoms with Crippen LogP contribution in [-0.4, -0.2) is 54.4 Å². The van der Waals surface area contributed by atoms with Crippen molar-refractivity contribution in [2.45, 2.75) is 58.6 Å². The van der Waals surface area contributed by atoms with Crippen LogP contribution in [0.3, 0.4) is 0 Å². The van der Waals surface area contributed by atoms with Gasteiger partial charge in [0.1, 0.15) is 5.60 Å². The zero-order valence-electron chi connectivity index (χ0n) is 19.1. The Morgan fingerprint density at radius 2 is 1.87 bits per heavy atom. The molecule has 3 rings (SSSR count). The Kier molecular flexibility index (Phi) is 8.49. The summed E-state index contributed by atoms with van der Waals surface area (Å²) in [5.74, 6) is 0.711. The van der Waals surface area contributed by atoms with Gasteiger partial charge in [-0.25, -0.2) is 4.99 Å². The second kappa shape index (κ2) is 11.1. The lowest BCUT2D eigenvalue weighted by Gasteiger charge is -2.35. The van der Waals surface area contributed by atoms with Crippen molar-refractivity contribution in [3.8, 4) is 0 Å². The Morgan fingerprint density at radius 3 is 2.52 bits per heavy atom. The largest absolute Gasteiger partial charge is 0.383 e. The molecule has 1 aliphatic heterocycles. The molecule has 2 aromatic rings. The summed E-state index contributed by atoms with van der Waals surface area (Å²) in [5, 5.41) is 19.4. The minimum atomic E-state index is -0.939. The molecule has 0 saturated carbocycles. The number of aliphatic imine (C=N–C) groups is 1. The third-order valence-electron chi connectivity index (χ3n) is 5.41. The van der Waals surface area contributed by atoms with E-state index in [0.717, 1.165) is 31.1 Å². The number of thiophene rings is 1. The van der Waals surface area contributed by atoms with Gasteiger partial charge in [0, 0.05) is 31.1 Å². The SMILES string of the molecule is CCNC(=NCc1ccccc1CN1CC(C)OC(C)C1)NCC(C)(O)c1cccs1. The minimum absolute atomic E-state index is 0.259. The summed E-state index contributed by atoms with van der Waals surface area (Å²) in [6.45, 7) is 12.7. The average molecular weight is 445 g/mol. The smallest absolute Gasteiger partial charge is 0.191 e. The summed E-state index contributed by atoms with van der Waals surface area (Å²) < 4.78 is 5.87. The fourth-order valence-electron chi connectivity index (χ4n) is 3.95. The van der Waals surface area contributed by atoms with Gasteiger partial charge in [-0.15, -0.1) is 11.3 Å². The van der Waals surface area contributed by atoms with E-state index in [1.807, 2.05) is 31.4 Å². The van der Waals surface area contributed by atoms with E-state index in [9.17, 15) is 5.11 Å². The van der Waals surface area contributed by atoms with Crippen LogP contribution in [0.15, 0.2) is 46.8 Å². The summed E-state index contributed by atoms with van der Waals surface area (Å²) >= 11 is 1.56. The molecule has 3 atom stereocenters. The lowest BCUT2D eigenvalue weighted by Crippen LogP contribution is -2.45. The summed E-state index contributed by atoms with van der Waals surface area (Å²) in [4.78, 5) is 8.20. The van der Waals surface area contributed by atoms with Crippen LogP contribution in [0.25, 0.3) is 0 Å². The van der Waals surface area contributed by atoms with Crippen LogP contribution in [0.1, 0.15) is 43.7 Å². The number of nitrogens with zero attached hydrogens (tertiary/aromatic N) is 2. The van der Waals surface area contributed by atoms with Gasteiger partial charge in [-0.3, -0.25) is 4.90 Å². The van der Waals surface area contributed by atoms with Gasteiger partial charge in [0.15, 0.2) is 5.96 Å². The van der Waals surface area contributed by atoms with Crippen molar-refractivity contribution in [2.24, 2.45) is 4.99 Å². The number of rotatable bonds is 8. The van der Waals surface area contributed by atoms with Gasteiger partial charge < -0.3 is 20.5 Å². The zero-order valence-corrected chi connectivity index (χ0v) is 19.9. The average Bonchev–Trinajstić information content (AvgIpc) is 3.26. The van der Waals surface area contributed by atoms with E-state index in [-0.39, 0.29) is 12.2 Å². The van der Waals surface area contributed by atoms with Crippen molar-refractivity contribution in [3.63, 3.8) is 0 Å². The first-order chi connectivity index (χ1) is 14.9. The molecule has 1 aromatic heterocycles. The van der Waals surface area contributed by atoms with Crippen LogP contribution in [-0.2, 0) is 23.4 Å². The maximum atomic E-state index is 10.8. The van der Waals surface area contributed by atoms with Crippen molar-refractivity contribution >= 4 is 17.3 Å². The molecule has 2 heterocycles. The van der Waals surface area contributed by atoms with Crippen molar-refractivity contribution < 1.29 is 9.84 Å². The van der Waals surface area contributed by atoms with Gasteiger partial charge in [-0.05, 0) is 50.3 Å². The molecule has 0 aliphatic carbocycles. The lowest BCUT2D eigenvalue weighted by atomic mass is 10.1. The van der Waals surface area contributed by atoms with E-state index in [4.69, 9.17) is 9.73 Å². The molecule has 3 N–H and O–H groups in total. The van der Waals surface area contributed by atoms with Gasteiger partial charge in [-0.2, -0.15) is 0 Å². The van der Waals surface area contributed by atoms with Crippen molar-refractivity contribution in [1.82, 2.24) is 15.5 Å². The van der Waals surface area contributed by atoms with Gasteiger partial charge in [0.2, 0.25) is 0 Å². The first-order valence-electron chi connectivity index (χ1n) is 11.1. The van der Waals surface area contributed by atoms with Crippen LogP contribution in [0.4, 0.5) is 0 Å². The highest BCUT2D eigenvalue weighted by Crippen LogP contribution is 2.24. The number of hydrogen-bond acceptors (Lipinski definition) is 5. The molecule has 0 spiro atoms. The minimum Gasteiger partial charge on any atom is -0.383 e. The first-order valence-corrected chi connectivity index (χ1v) is 12.0. The second-order valence-corrected chi connectivity index (χ2v) is 9.47. The molecule has 1 fully saturated rings. The number of benzene rings is 1. The van der Waals surface area contributed by atoms with Gasteiger partial charge in [0.25, 0.3) is 0 Å². The highest BCUT2D eigenvalue weighted by molar-refractivity contribution is 7.10. The molecule has 1 saturated heterocycles. The predicted octanol–water partition coefficient (Wildman–Crippen LogP) is 3.32. The Morgan fingerprint density at radius 1 is 1.16 bits per heavy atom. The molecule has 1 aliphatic rings. The monoisotopic (exact) mass is 444 g/mol. The summed E-state index contributed by atoms with van der Waals surface area (Å²) in [7, 11) is 0. The molecule has 31 heavy (non-hydrogen) atoms. The molecule has 0 bridgehead atoms. The van der Waals surface area contributed by atoms with E-state index in [1.54, 1.807) is 11.3 Å². The standard InChI is InChI=1S/C24H36N4O2S/c1-5-25-23(27-17-24(4,29)22-11-8-12-31-22)26-13-20-9-6-7-10-21(20)16-28-14-18(2)30-19(3)15-28/h6-12,18-19,29H,5,13-17H2,1-4H3,(H2,25,26,27). The third-order valence-corrected chi connectivity index (χ3v) is 6.53. The number of hydrogen-bond donors (Lipinski definition) is 3. The van der Waals surface area contributed by atoms with Gasteiger partial charge in [-0.1, -0.05) is 30.3 Å². The number of morpholine rings is 1. The second-order valence-electron chi connectivity index (χ2n) is 8.52. The molecule has 6 nitrogen and oxygen atoms in total. The van der Waals surface area contributed by atoms with E-state index in [1.165, 1.54) is 11.1 Å². The summed E-state index contributed by atoms with van der Waals surface area (Å²) in [6, 6.07) is 12.4. The fraction of sp³-hybridized carbons (Fsp3) is 0.542. The topological polar surface area (TPSA) is 69.1 Å².